The van der Waals surface area contributed by atoms with Crippen LogP contribution in [0.2, 0.25) is 0 Å². The van der Waals surface area contributed by atoms with Crippen LogP contribution in [0.4, 0.5) is 0 Å². The van der Waals surface area contributed by atoms with Gasteiger partial charge in [-0.25, -0.2) is 0 Å². The quantitative estimate of drug-likeness (QED) is 0.285. The van der Waals surface area contributed by atoms with Gasteiger partial charge in [0.2, 0.25) is 0 Å². The zero-order valence-corrected chi connectivity index (χ0v) is 20.9. The van der Waals surface area contributed by atoms with E-state index in [2.05, 4.69) is 0 Å². The van der Waals surface area contributed by atoms with Crippen molar-refractivity contribution >= 4 is 23.8 Å². The molecule has 198 valence electrons. The first-order valence-electron chi connectivity index (χ1n) is 10.2. The first-order valence-corrected chi connectivity index (χ1v) is 15.4. The molecule has 1 saturated heterocycles. The zero-order valence-electron chi connectivity index (χ0n) is 18.2. The average molecular weight is 537 g/mol. The van der Waals surface area contributed by atoms with Crippen LogP contribution in [-0.2, 0) is 14.2 Å². The van der Waals surface area contributed by atoms with Crippen LogP contribution in [0.5, 0.6) is 0 Å². The highest BCUT2D eigenvalue weighted by Crippen LogP contribution is 2.29. The molecule has 0 saturated carbocycles. The van der Waals surface area contributed by atoms with Gasteiger partial charge in [0, 0.05) is 39.3 Å². The number of nitrogens with zero attached hydrogens (tertiary/aromatic N) is 3. The predicted molar refractivity (Wildman–Crippen MR) is 103 cm³/mol. The lowest BCUT2D eigenvalue weighted by molar-refractivity contribution is -0.431. The summed E-state index contributed by atoms with van der Waals surface area (Å²) in [6.07, 6.45) is -2.21. The van der Waals surface area contributed by atoms with Crippen LogP contribution in [0.1, 0.15) is 0 Å². The molecule has 1 fully saturated rings. The number of hydrogen-bond acceptors (Lipinski definition) is 15. The molecular weight excluding hydrogens is 507 g/mol. The van der Waals surface area contributed by atoms with Crippen LogP contribution >= 0.6 is 23.8 Å². The Labute approximate surface area is 195 Å². The summed E-state index contributed by atoms with van der Waals surface area (Å²) in [6, 6.07) is 0. The normalized spacial score (nSPS) is 22.1. The van der Waals surface area contributed by atoms with Crippen molar-refractivity contribution in [2.45, 2.75) is 0 Å². The van der Waals surface area contributed by atoms with Gasteiger partial charge < -0.3 is 58.3 Å². The minimum absolute atomic E-state index is 0.0484. The van der Waals surface area contributed by atoms with Crippen molar-refractivity contribution in [3.8, 4) is 0 Å². The lowest BCUT2D eigenvalue weighted by Crippen LogP contribution is -2.45. The fourth-order valence-electron chi connectivity index (χ4n) is 2.96. The third kappa shape index (κ3) is 19.5. The molecule has 0 unspecified atom stereocenters. The lowest BCUT2D eigenvalue weighted by Gasteiger charge is -2.45. The van der Waals surface area contributed by atoms with Crippen molar-refractivity contribution in [1.29, 1.82) is 0 Å². The van der Waals surface area contributed by atoms with E-state index in [9.17, 15) is 44.0 Å². The Morgan fingerprint density at radius 3 is 0.727 bits per heavy atom. The largest absolute Gasteiger partial charge is 0.687 e. The second-order valence-corrected chi connectivity index (χ2v) is 12.0. The third-order valence-corrected chi connectivity index (χ3v) is 6.67. The minimum Gasteiger partial charge on any atom is -0.687 e. The highest BCUT2D eigenvalue weighted by atomic mass is 31.2. The van der Waals surface area contributed by atoms with Crippen molar-refractivity contribution in [3.63, 3.8) is 0 Å². The van der Waals surface area contributed by atoms with Gasteiger partial charge in [-0.15, -0.1) is 23.8 Å². The minimum atomic E-state index is -4.83. The van der Waals surface area contributed by atoms with Crippen LogP contribution < -0.4 is 44.0 Å². The van der Waals surface area contributed by atoms with Crippen LogP contribution in [0.25, 0.3) is 0 Å². The standard InChI is InChI=1S/C15H36N3O12P3/c19-31(20,21)13-16-1-7-28-9-3-17(14-32(22,23)24)5-11-30-12-6-18(15-33(25,26)27)4-10-29-8-2-16/h1-15H2,(H2,19,20,21)(H2,22,23,24)(H2,25,26,27)/p-6. The van der Waals surface area contributed by atoms with E-state index in [1.165, 1.54) is 14.7 Å². The first-order chi connectivity index (χ1) is 15.2. The molecule has 0 bridgehead atoms. The molecule has 0 radical (unpaired) electrons. The van der Waals surface area contributed by atoms with Gasteiger partial charge >= 0.3 is 0 Å². The summed E-state index contributed by atoms with van der Waals surface area (Å²) in [6.45, 7) is 0.816. The van der Waals surface area contributed by atoms with Gasteiger partial charge in [0.15, 0.2) is 0 Å². The maximum atomic E-state index is 11.1. The first kappa shape index (κ1) is 31.7. The van der Waals surface area contributed by atoms with Crippen LogP contribution in [0.3, 0.4) is 0 Å². The SMILES string of the molecule is [O-][P+]([O-])([O-])CN1CCOCCN(C[P+]([O-])([O-])[O-])CCOCCN(C[P+]([O-])([O-])[O-])CCOCC1. The molecule has 33 heavy (non-hydrogen) atoms. The van der Waals surface area contributed by atoms with Gasteiger partial charge in [0.05, 0.1) is 58.5 Å². The molecule has 0 aromatic rings. The van der Waals surface area contributed by atoms with Gasteiger partial charge in [-0.2, -0.15) is 0 Å². The fourth-order valence-corrected chi connectivity index (χ4v) is 5.28. The van der Waals surface area contributed by atoms with Crippen LogP contribution in [0, 0.1) is 0 Å². The molecule has 0 aliphatic carbocycles. The summed E-state index contributed by atoms with van der Waals surface area (Å²) in [4.78, 5) is 104. The summed E-state index contributed by atoms with van der Waals surface area (Å²) in [7, 11) is -14.5. The van der Waals surface area contributed by atoms with E-state index >= 15 is 0 Å². The molecular formula is C15H30N3O12P3-6. The molecule has 15 nitrogen and oxygen atoms in total. The Bertz CT molecular complexity index is 432. The van der Waals surface area contributed by atoms with Crippen LogP contribution in [0.15, 0.2) is 0 Å². The molecule has 0 aromatic heterocycles. The summed E-state index contributed by atoms with van der Waals surface area (Å²) < 4.78 is 16.2. The molecule has 0 amide bonds. The lowest BCUT2D eigenvalue weighted by atomic mass is 10.5. The Hall–Kier alpha value is 0.690. The van der Waals surface area contributed by atoms with Crippen molar-refractivity contribution in [2.75, 3.05) is 97.8 Å². The highest BCUT2D eigenvalue weighted by Gasteiger charge is 2.14. The van der Waals surface area contributed by atoms with Gasteiger partial charge in [0.1, 0.15) is 0 Å². The second-order valence-electron chi connectivity index (χ2n) is 7.45. The van der Waals surface area contributed by atoms with Gasteiger partial charge in [-0.3, -0.25) is 14.7 Å². The van der Waals surface area contributed by atoms with Crippen molar-refractivity contribution < 1.29 is 58.3 Å². The van der Waals surface area contributed by atoms with E-state index < -0.39 is 42.7 Å². The van der Waals surface area contributed by atoms with Crippen LogP contribution in [-0.4, -0.2) is 112 Å². The predicted octanol–water partition coefficient (Wildman–Crippen LogP) is -8.64. The summed E-state index contributed by atoms with van der Waals surface area (Å²) in [5, 5.41) is 0. The van der Waals surface area contributed by atoms with Crippen molar-refractivity contribution in [1.82, 2.24) is 14.7 Å². The molecule has 0 atom stereocenters. The smallest absolute Gasteiger partial charge is 0.0944 e. The molecule has 0 spiro atoms. The zero-order chi connectivity index (χ0) is 25.0. The van der Waals surface area contributed by atoms with Crippen molar-refractivity contribution in [3.05, 3.63) is 0 Å². The molecule has 1 aliphatic rings. The van der Waals surface area contributed by atoms with E-state index in [1.54, 1.807) is 0 Å². The van der Waals surface area contributed by atoms with Gasteiger partial charge in [0.25, 0.3) is 0 Å². The molecule has 18 heteroatoms. The molecule has 0 aromatic carbocycles. The number of ether oxygens (including phenoxy) is 3. The summed E-state index contributed by atoms with van der Waals surface area (Å²) in [5.74, 6) is 0. The third-order valence-electron chi connectivity index (χ3n) is 4.43. The average Bonchev–Trinajstić information content (AvgIpc) is 2.62. The summed E-state index contributed by atoms with van der Waals surface area (Å²) in [5.41, 5.74) is 0. The maximum absolute atomic E-state index is 11.1. The van der Waals surface area contributed by atoms with Crippen molar-refractivity contribution in [2.24, 2.45) is 0 Å². The monoisotopic (exact) mass is 537 g/mol. The van der Waals surface area contributed by atoms with E-state index in [1.807, 2.05) is 0 Å². The number of hydrogen-bond donors (Lipinski definition) is 0. The Kier molecular flexibility index (Phi) is 15.1. The Balaban J connectivity index is 2.73. The molecule has 1 aliphatic heterocycles. The highest BCUT2D eigenvalue weighted by molar-refractivity contribution is 7.54. The van der Waals surface area contributed by atoms with E-state index in [0.717, 1.165) is 0 Å². The topological polar surface area (TPSA) is 245 Å². The van der Waals surface area contributed by atoms with E-state index in [4.69, 9.17) is 14.2 Å². The molecule has 0 N–H and O–H groups in total. The number of rotatable bonds is 6. The fraction of sp³-hybridized carbons (Fsp3) is 1.00. The maximum Gasteiger partial charge on any atom is 0.0944 e. The Morgan fingerprint density at radius 2 is 0.576 bits per heavy atom. The van der Waals surface area contributed by atoms with Gasteiger partial charge in [-0.1, -0.05) is 0 Å². The summed E-state index contributed by atoms with van der Waals surface area (Å²) >= 11 is 0. The Morgan fingerprint density at radius 1 is 0.394 bits per heavy atom. The molecule has 1 rings (SSSR count). The van der Waals surface area contributed by atoms with E-state index in [0.29, 0.717) is 0 Å². The second kappa shape index (κ2) is 15.7. The molecule has 1 heterocycles. The van der Waals surface area contributed by atoms with Gasteiger partial charge in [-0.05, 0) is 0 Å². The van der Waals surface area contributed by atoms with E-state index in [-0.39, 0.29) is 78.9 Å².